The van der Waals surface area contributed by atoms with Gasteiger partial charge in [0.25, 0.3) is 0 Å². The highest BCUT2D eigenvalue weighted by Gasteiger charge is 2.05. The van der Waals surface area contributed by atoms with Crippen molar-refractivity contribution < 1.29 is 0 Å². The Balaban J connectivity index is 2.05. The van der Waals surface area contributed by atoms with Crippen molar-refractivity contribution in [2.45, 2.75) is 19.4 Å². The Hall–Kier alpha value is -1.13. The van der Waals surface area contributed by atoms with Crippen LogP contribution in [-0.2, 0) is 26.4 Å². The minimum atomic E-state index is 0.492. The highest BCUT2D eigenvalue weighted by atomic mass is 79.9. The van der Waals surface area contributed by atoms with E-state index in [1.54, 1.807) is 0 Å². The number of aryl methyl sites for hydroxylation is 3. The normalized spacial score (nSPS) is 10.8. The van der Waals surface area contributed by atoms with Crippen molar-refractivity contribution in [1.82, 2.24) is 9.55 Å². The lowest BCUT2D eigenvalue weighted by molar-refractivity contribution is 0.793. The van der Waals surface area contributed by atoms with Crippen molar-refractivity contribution >= 4 is 15.9 Å². The van der Waals surface area contributed by atoms with Crippen LogP contribution in [0.5, 0.6) is 0 Å². The van der Waals surface area contributed by atoms with Crippen molar-refractivity contribution in [3.63, 3.8) is 0 Å². The molecule has 2 N–H and O–H groups in total. The third kappa shape index (κ3) is 2.96. The molecule has 0 atom stereocenters. The maximum atomic E-state index is 5.60. The van der Waals surface area contributed by atoms with Crippen molar-refractivity contribution in [2.75, 3.05) is 0 Å². The van der Waals surface area contributed by atoms with Gasteiger partial charge in [0, 0.05) is 17.7 Å². The molecule has 0 fully saturated rings. The van der Waals surface area contributed by atoms with Crippen LogP contribution in [0.4, 0.5) is 0 Å². The first-order chi connectivity index (χ1) is 8.20. The maximum Gasteiger partial charge on any atom is 0.122 e. The Morgan fingerprint density at radius 1 is 1.29 bits per heavy atom. The summed E-state index contributed by atoms with van der Waals surface area (Å²) in [7, 11) is 1.98. The average molecular weight is 294 g/mol. The zero-order valence-corrected chi connectivity index (χ0v) is 11.4. The van der Waals surface area contributed by atoms with Crippen molar-refractivity contribution in [3.05, 3.63) is 52.0 Å². The molecule has 2 aromatic rings. The number of aromatic nitrogens is 2. The number of nitrogens with two attached hydrogens (primary N) is 1. The van der Waals surface area contributed by atoms with E-state index in [1.807, 2.05) is 17.7 Å². The van der Waals surface area contributed by atoms with Gasteiger partial charge in [0.1, 0.15) is 5.82 Å². The van der Waals surface area contributed by atoms with Crippen LogP contribution in [-0.4, -0.2) is 9.55 Å². The highest BCUT2D eigenvalue weighted by Crippen LogP contribution is 2.17. The van der Waals surface area contributed by atoms with Gasteiger partial charge in [0.15, 0.2) is 0 Å². The van der Waals surface area contributed by atoms with Crippen LogP contribution >= 0.6 is 15.9 Å². The third-order valence-corrected chi connectivity index (χ3v) is 3.59. The van der Waals surface area contributed by atoms with Gasteiger partial charge < -0.3 is 10.3 Å². The summed E-state index contributed by atoms with van der Waals surface area (Å²) < 4.78 is 3.16. The van der Waals surface area contributed by atoms with Gasteiger partial charge in [-0.25, -0.2) is 4.98 Å². The zero-order chi connectivity index (χ0) is 12.3. The Morgan fingerprint density at radius 2 is 2.06 bits per heavy atom. The van der Waals surface area contributed by atoms with Crippen molar-refractivity contribution in [3.8, 4) is 0 Å². The predicted octanol–water partition coefficient (Wildman–Crippen LogP) is 2.43. The summed E-state index contributed by atoms with van der Waals surface area (Å²) >= 11 is 3.56. The topological polar surface area (TPSA) is 43.8 Å². The third-order valence-electron chi connectivity index (χ3n) is 2.81. The van der Waals surface area contributed by atoms with Gasteiger partial charge in [-0.15, -0.1) is 0 Å². The number of hydrogen-bond acceptors (Lipinski definition) is 2. The van der Waals surface area contributed by atoms with Crippen molar-refractivity contribution in [2.24, 2.45) is 12.8 Å². The van der Waals surface area contributed by atoms with E-state index in [0.717, 1.165) is 28.8 Å². The SMILES string of the molecule is Cn1cc(CCc2ccccc2Br)nc1CN. The second kappa shape index (κ2) is 5.47. The van der Waals surface area contributed by atoms with Crippen LogP contribution in [0, 0.1) is 0 Å². The molecule has 0 bridgehead atoms. The van der Waals surface area contributed by atoms with Gasteiger partial charge in [-0.05, 0) is 24.5 Å². The molecule has 0 spiro atoms. The smallest absolute Gasteiger partial charge is 0.122 e. The molecule has 0 aliphatic carbocycles. The quantitative estimate of drug-likeness (QED) is 0.941. The van der Waals surface area contributed by atoms with Crippen LogP contribution in [0.1, 0.15) is 17.1 Å². The number of rotatable bonds is 4. The summed E-state index contributed by atoms with van der Waals surface area (Å²) in [5, 5.41) is 0. The molecule has 0 unspecified atom stereocenters. The van der Waals surface area contributed by atoms with Crippen LogP contribution in [0.25, 0.3) is 0 Å². The molecule has 1 aromatic heterocycles. The molecule has 0 radical (unpaired) electrons. The Morgan fingerprint density at radius 3 is 2.71 bits per heavy atom. The summed E-state index contributed by atoms with van der Waals surface area (Å²) in [5.74, 6) is 0.937. The number of nitrogens with zero attached hydrogens (tertiary/aromatic N) is 2. The predicted molar refractivity (Wildman–Crippen MR) is 72.6 cm³/mol. The molecule has 0 aliphatic heterocycles. The molecular weight excluding hydrogens is 278 g/mol. The minimum absolute atomic E-state index is 0.492. The van der Waals surface area contributed by atoms with E-state index in [2.05, 4.69) is 45.3 Å². The minimum Gasteiger partial charge on any atom is -0.337 e. The second-order valence-corrected chi connectivity index (χ2v) is 4.91. The highest BCUT2D eigenvalue weighted by molar-refractivity contribution is 9.10. The molecule has 0 amide bonds. The summed E-state index contributed by atoms with van der Waals surface area (Å²) in [4.78, 5) is 4.50. The molecule has 1 aromatic carbocycles. The molecule has 0 saturated heterocycles. The van der Waals surface area contributed by atoms with E-state index in [9.17, 15) is 0 Å². The van der Waals surface area contributed by atoms with Gasteiger partial charge in [-0.3, -0.25) is 0 Å². The van der Waals surface area contributed by atoms with E-state index in [1.165, 1.54) is 5.56 Å². The maximum absolute atomic E-state index is 5.60. The monoisotopic (exact) mass is 293 g/mol. The molecule has 2 rings (SSSR count). The van der Waals surface area contributed by atoms with Crippen LogP contribution in [0.2, 0.25) is 0 Å². The zero-order valence-electron chi connectivity index (χ0n) is 9.86. The van der Waals surface area contributed by atoms with Crippen molar-refractivity contribution in [1.29, 1.82) is 0 Å². The van der Waals surface area contributed by atoms with E-state index < -0.39 is 0 Å². The fourth-order valence-corrected chi connectivity index (χ4v) is 2.33. The largest absolute Gasteiger partial charge is 0.337 e. The summed E-state index contributed by atoms with van der Waals surface area (Å²) in [6.45, 7) is 0.492. The first-order valence-electron chi connectivity index (χ1n) is 5.65. The van der Waals surface area contributed by atoms with E-state index in [-0.39, 0.29) is 0 Å². The van der Waals surface area contributed by atoms with E-state index >= 15 is 0 Å². The lowest BCUT2D eigenvalue weighted by Gasteiger charge is -2.01. The first-order valence-corrected chi connectivity index (χ1v) is 6.44. The first kappa shape index (κ1) is 12.3. The molecular formula is C13H16BrN3. The lowest BCUT2D eigenvalue weighted by atomic mass is 10.1. The number of hydrogen-bond donors (Lipinski definition) is 1. The van der Waals surface area contributed by atoms with Gasteiger partial charge in [-0.1, -0.05) is 34.1 Å². The molecule has 0 aliphatic rings. The summed E-state index contributed by atoms with van der Waals surface area (Å²) in [6, 6.07) is 8.29. The average Bonchev–Trinajstić information content (AvgIpc) is 2.69. The Bertz CT molecular complexity index is 505. The number of imidazole rings is 1. The van der Waals surface area contributed by atoms with Crippen LogP contribution < -0.4 is 5.73 Å². The molecule has 90 valence electrons. The van der Waals surface area contributed by atoms with Crippen LogP contribution in [0.15, 0.2) is 34.9 Å². The van der Waals surface area contributed by atoms with Crippen LogP contribution in [0.3, 0.4) is 0 Å². The Kier molecular flexibility index (Phi) is 3.97. The van der Waals surface area contributed by atoms with Gasteiger partial charge in [0.2, 0.25) is 0 Å². The molecule has 1 heterocycles. The lowest BCUT2D eigenvalue weighted by Crippen LogP contribution is -2.03. The van der Waals surface area contributed by atoms with Gasteiger partial charge >= 0.3 is 0 Å². The summed E-state index contributed by atoms with van der Waals surface area (Å²) in [6.07, 6.45) is 3.98. The van der Waals surface area contributed by atoms with E-state index in [4.69, 9.17) is 5.73 Å². The number of benzene rings is 1. The van der Waals surface area contributed by atoms with E-state index in [0.29, 0.717) is 6.54 Å². The molecule has 3 nitrogen and oxygen atoms in total. The second-order valence-electron chi connectivity index (χ2n) is 4.05. The standard InChI is InChI=1S/C13H16BrN3/c1-17-9-11(16-13(17)8-15)7-6-10-4-2-3-5-12(10)14/h2-5,9H,6-8,15H2,1H3. The number of halogens is 1. The summed E-state index contributed by atoms with van der Waals surface area (Å²) in [5.41, 5.74) is 8.02. The fraction of sp³-hybridized carbons (Fsp3) is 0.308. The molecule has 4 heteroatoms. The molecule has 17 heavy (non-hydrogen) atoms. The Labute approximate surface area is 110 Å². The fourth-order valence-electron chi connectivity index (χ4n) is 1.85. The van der Waals surface area contributed by atoms with Gasteiger partial charge in [0.05, 0.1) is 12.2 Å². The van der Waals surface area contributed by atoms with Gasteiger partial charge in [-0.2, -0.15) is 0 Å². The molecule has 0 saturated carbocycles.